The van der Waals surface area contributed by atoms with Gasteiger partial charge >= 0.3 is 6.18 Å². The fraction of sp³-hybridized carbons (Fsp3) is 0.250. The van der Waals surface area contributed by atoms with Crippen molar-refractivity contribution in [2.24, 2.45) is 0 Å². The number of hydrogen-bond donors (Lipinski definition) is 1. The highest BCUT2D eigenvalue weighted by molar-refractivity contribution is 7.89. The van der Waals surface area contributed by atoms with Crippen LogP contribution < -0.4 is 14.2 Å². The highest BCUT2D eigenvalue weighted by Crippen LogP contribution is 2.30. The lowest BCUT2D eigenvalue weighted by atomic mass is 10.2. The van der Waals surface area contributed by atoms with Crippen molar-refractivity contribution in [2.45, 2.75) is 17.6 Å². The predicted molar refractivity (Wildman–Crippen MR) is 85.0 cm³/mol. The molecular formula is C16H16F3NO4S. The first-order valence-electron chi connectivity index (χ1n) is 7.05. The largest absolute Gasteiger partial charge is 0.497 e. The van der Waals surface area contributed by atoms with E-state index in [2.05, 4.69) is 4.72 Å². The van der Waals surface area contributed by atoms with Gasteiger partial charge in [-0.1, -0.05) is 6.07 Å². The molecule has 2 rings (SSSR count). The van der Waals surface area contributed by atoms with Crippen LogP contribution in [0.15, 0.2) is 47.4 Å². The van der Waals surface area contributed by atoms with Gasteiger partial charge in [-0.2, -0.15) is 13.2 Å². The second kappa shape index (κ2) is 7.32. The van der Waals surface area contributed by atoms with Crippen LogP contribution in [-0.2, 0) is 22.7 Å². The second-order valence-corrected chi connectivity index (χ2v) is 6.79. The summed E-state index contributed by atoms with van der Waals surface area (Å²) >= 11 is 0. The summed E-state index contributed by atoms with van der Waals surface area (Å²) in [6.07, 6.45) is -4.52. The second-order valence-electron chi connectivity index (χ2n) is 5.02. The van der Waals surface area contributed by atoms with Crippen molar-refractivity contribution in [2.75, 3.05) is 14.2 Å². The summed E-state index contributed by atoms with van der Waals surface area (Å²) in [6.45, 7) is -0.0868. The number of alkyl halides is 3. The van der Waals surface area contributed by atoms with E-state index in [1.807, 2.05) is 0 Å². The zero-order valence-electron chi connectivity index (χ0n) is 13.4. The minimum absolute atomic E-state index is 0.0868. The van der Waals surface area contributed by atoms with Crippen molar-refractivity contribution in [3.05, 3.63) is 53.6 Å². The molecule has 25 heavy (non-hydrogen) atoms. The molecule has 136 valence electrons. The molecule has 5 nitrogen and oxygen atoms in total. The number of rotatable bonds is 6. The molecule has 0 saturated heterocycles. The van der Waals surface area contributed by atoms with Crippen LogP contribution in [0.25, 0.3) is 0 Å². The standard InChI is InChI=1S/C16H16F3NO4S/c1-23-13-6-3-11(15(9-13)24-2)10-20-25(21,22)14-7-4-12(5-8-14)16(17,18)19/h3-9,20H,10H2,1-2H3. The molecule has 0 radical (unpaired) electrons. The van der Waals surface area contributed by atoms with Gasteiger partial charge in [0.2, 0.25) is 10.0 Å². The lowest BCUT2D eigenvalue weighted by Gasteiger charge is -2.12. The molecule has 0 bridgehead atoms. The third-order valence-corrected chi connectivity index (χ3v) is 4.86. The molecule has 2 aromatic carbocycles. The number of sulfonamides is 1. The molecule has 0 amide bonds. The molecule has 0 unspecified atom stereocenters. The van der Waals surface area contributed by atoms with Crippen LogP contribution in [0.3, 0.4) is 0 Å². The number of nitrogens with one attached hydrogen (secondary N) is 1. The quantitative estimate of drug-likeness (QED) is 0.842. The van der Waals surface area contributed by atoms with E-state index in [9.17, 15) is 21.6 Å². The van der Waals surface area contributed by atoms with Gasteiger partial charge in [0.15, 0.2) is 0 Å². The summed E-state index contributed by atoms with van der Waals surface area (Å²) in [7, 11) is -1.04. The summed E-state index contributed by atoms with van der Waals surface area (Å²) < 4.78 is 74.6. The number of halogens is 3. The lowest BCUT2D eigenvalue weighted by Crippen LogP contribution is -2.23. The number of ether oxygens (including phenoxy) is 2. The molecular weight excluding hydrogens is 359 g/mol. The average Bonchev–Trinajstić information content (AvgIpc) is 2.59. The summed E-state index contributed by atoms with van der Waals surface area (Å²) in [5.41, 5.74) is -0.359. The van der Waals surface area contributed by atoms with Crippen LogP contribution in [0.5, 0.6) is 11.5 Å². The van der Waals surface area contributed by atoms with Gasteiger partial charge < -0.3 is 9.47 Å². The molecule has 0 heterocycles. The van der Waals surface area contributed by atoms with Gasteiger partial charge in [0, 0.05) is 18.2 Å². The van der Waals surface area contributed by atoms with Crippen LogP contribution >= 0.6 is 0 Å². The van der Waals surface area contributed by atoms with Crippen molar-refractivity contribution in [1.29, 1.82) is 0 Å². The van der Waals surface area contributed by atoms with Crippen LogP contribution in [-0.4, -0.2) is 22.6 Å². The van der Waals surface area contributed by atoms with Crippen molar-refractivity contribution in [1.82, 2.24) is 4.72 Å². The Kier molecular flexibility index (Phi) is 5.58. The van der Waals surface area contributed by atoms with Crippen LogP contribution in [0.2, 0.25) is 0 Å². The van der Waals surface area contributed by atoms with Gasteiger partial charge in [0.1, 0.15) is 11.5 Å². The Hall–Kier alpha value is -2.26. The van der Waals surface area contributed by atoms with Crippen LogP contribution in [0, 0.1) is 0 Å². The highest BCUT2D eigenvalue weighted by atomic mass is 32.2. The Bertz CT molecular complexity index is 833. The first kappa shape index (κ1) is 19.1. The number of methoxy groups -OCH3 is 2. The van der Waals surface area contributed by atoms with E-state index in [4.69, 9.17) is 9.47 Å². The molecule has 0 aliphatic heterocycles. The Balaban J connectivity index is 2.17. The van der Waals surface area contributed by atoms with Gasteiger partial charge in [-0.15, -0.1) is 0 Å². The molecule has 0 atom stereocenters. The summed E-state index contributed by atoms with van der Waals surface area (Å²) in [5.74, 6) is 0.973. The van der Waals surface area contributed by atoms with E-state index >= 15 is 0 Å². The third kappa shape index (κ3) is 4.64. The zero-order chi connectivity index (χ0) is 18.7. The summed E-state index contributed by atoms with van der Waals surface area (Å²) in [5, 5.41) is 0. The van der Waals surface area contributed by atoms with E-state index in [-0.39, 0.29) is 11.4 Å². The Labute approximate surface area is 143 Å². The minimum Gasteiger partial charge on any atom is -0.497 e. The third-order valence-electron chi connectivity index (χ3n) is 3.44. The smallest absolute Gasteiger partial charge is 0.416 e. The van der Waals surface area contributed by atoms with E-state index in [0.717, 1.165) is 24.3 Å². The Morgan fingerprint density at radius 3 is 2.16 bits per heavy atom. The van der Waals surface area contributed by atoms with Gasteiger partial charge in [0.05, 0.1) is 24.7 Å². The highest BCUT2D eigenvalue weighted by Gasteiger charge is 2.30. The van der Waals surface area contributed by atoms with Crippen molar-refractivity contribution < 1.29 is 31.1 Å². The fourth-order valence-electron chi connectivity index (χ4n) is 2.08. The van der Waals surface area contributed by atoms with E-state index in [1.165, 1.54) is 14.2 Å². The van der Waals surface area contributed by atoms with Gasteiger partial charge in [0.25, 0.3) is 0 Å². The number of hydrogen-bond acceptors (Lipinski definition) is 4. The molecule has 0 aliphatic carbocycles. The Morgan fingerprint density at radius 1 is 1.00 bits per heavy atom. The van der Waals surface area contributed by atoms with Gasteiger partial charge in [-0.05, 0) is 30.3 Å². The summed E-state index contributed by atoms with van der Waals surface area (Å²) in [6, 6.07) is 8.15. The van der Waals surface area contributed by atoms with E-state index in [1.54, 1.807) is 18.2 Å². The average molecular weight is 375 g/mol. The molecule has 2 aromatic rings. The molecule has 0 fully saturated rings. The molecule has 0 aromatic heterocycles. The minimum atomic E-state index is -4.52. The number of benzene rings is 2. The summed E-state index contributed by atoms with van der Waals surface area (Å²) in [4.78, 5) is -0.257. The van der Waals surface area contributed by atoms with Gasteiger partial charge in [-0.25, -0.2) is 13.1 Å². The maximum absolute atomic E-state index is 12.5. The first-order chi connectivity index (χ1) is 11.7. The molecule has 0 spiro atoms. The molecule has 1 N–H and O–H groups in total. The lowest BCUT2D eigenvalue weighted by molar-refractivity contribution is -0.137. The van der Waals surface area contributed by atoms with Crippen molar-refractivity contribution >= 4 is 10.0 Å². The van der Waals surface area contributed by atoms with Gasteiger partial charge in [-0.3, -0.25) is 0 Å². The first-order valence-corrected chi connectivity index (χ1v) is 8.53. The monoisotopic (exact) mass is 375 g/mol. The molecule has 9 heteroatoms. The predicted octanol–water partition coefficient (Wildman–Crippen LogP) is 3.20. The fourth-order valence-corrected chi connectivity index (χ4v) is 3.08. The maximum atomic E-state index is 12.5. The van der Waals surface area contributed by atoms with E-state index < -0.39 is 21.8 Å². The van der Waals surface area contributed by atoms with Crippen LogP contribution in [0.1, 0.15) is 11.1 Å². The van der Waals surface area contributed by atoms with E-state index in [0.29, 0.717) is 17.1 Å². The topological polar surface area (TPSA) is 64.6 Å². The SMILES string of the molecule is COc1ccc(CNS(=O)(=O)c2ccc(C(F)(F)F)cc2)c(OC)c1. The normalized spacial score (nSPS) is 12.0. The Morgan fingerprint density at radius 2 is 1.64 bits per heavy atom. The maximum Gasteiger partial charge on any atom is 0.416 e. The van der Waals surface area contributed by atoms with Crippen molar-refractivity contribution in [3.8, 4) is 11.5 Å². The zero-order valence-corrected chi connectivity index (χ0v) is 14.2. The molecule has 0 saturated carbocycles. The van der Waals surface area contributed by atoms with Crippen LogP contribution in [0.4, 0.5) is 13.2 Å². The van der Waals surface area contributed by atoms with Crippen molar-refractivity contribution in [3.63, 3.8) is 0 Å². The molecule has 0 aliphatic rings.